The van der Waals surface area contributed by atoms with Gasteiger partial charge in [-0.1, -0.05) is 12.1 Å². The Labute approximate surface area is 239 Å². The van der Waals surface area contributed by atoms with E-state index in [2.05, 4.69) is 10.3 Å². The van der Waals surface area contributed by atoms with Gasteiger partial charge in [-0.2, -0.15) is 0 Å². The molecule has 1 amide bonds. The molecule has 210 valence electrons. The highest BCUT2D eigenvalue weighted by Gasteiger charge is 2.18. The van der Waals surface area contributed by atoms with Crippen LogP contribution in [0.1, 0.15) is 21.7 Å². The van der Waals surface area contributed by atoms with E-state index in [0.29, 0.717) is 22.8 Å². The zero-order valence-corrected chi connectivity index (χ0v) is 22.3. The van der Waals surface area contributed by atoms with Gasteiger partial charge in [0.2, 0.25) is 0 Å². The molecule has 0 bridgehead atoms. The van der Waals surface area contributed by atoms with Crippen LogP contribution in [0.3, 0.4) is 0 Å². The Kier molecular flexibility index (Phi) is 7.78. The molecule has 2 aromatic heterocycles. The molecular weight excluding hydrogens is 540 g/mol. The van der Waals surface area contributed by atoms with Gasteiger partial charge in [0.25, 0.3) is 11.5 Å². The molecule has 5 aromatic rings. The minimum Gasteiger partial charge on any atom is -0.452 e. The van der Waals surface area contributed by atoms with Gasteiger partial charge >= 0.3 is 0 Å². The zero-order chi connectivity index (χ0) is 29.8. The predicted molar refractivity (Wildman–Crippen MR) is 159 cm³/mol. The van der Waals surface area contributed by atoms with Gasteiger partial charge in [0.1, 0.15) is 11.4 Å². The van der Waals surface area contributed by atoms with Gasteiger partial charge in [-0.05, 0) is 79.2 Å². The summed E-state index contributed by atoms with van der Waals surface area (Å²) < 4.78 is 35.7. The summed E-state index contributed by atoms with van der Waals surface area (Å²) in [5.74, 6) is -1.95. The van der Waals surface area contributed by atoms with Gasteiger partial charge in [0.15, 0.2) is 17.3 Å². The molecule has 2 heterocycles. The monoisotopic (exact) mass is 565 g/mol. The number of nitrogen functional groups attached to an aromatic ring is 1. The molecule has 42 heavy (non-hydrogen) atoms. The average Bonchev–Trinajstić information content (AvgIpc) is 3.45. The number of anilines is 2. The molecule has 0 aliphatic heterocycles. The smallest absolute Gasteiger partial charge is 0.268 e. The van der Waals surface area contributed by atoms with E-state index in [1.54, 1.807) is 31.3 Å². The Morgan fingerprint density at radius 2 is 1.81 bits per heavy atom. The minimum absolute atomic E-state index is 0.0936. The van der Waals surface area contributed by atoms with Crippen LogP contribution in [0.5, 0.6) is 5.75 Å². The molecule has 0 aliphatic rings. The van der Waals surface area contributed by atoms with Gasteiger partial charge in [-0.25, -0.2) is 8.78 Å². The molecule has 0 fully saturated rings. The van der Waals surface area contributed by atoms with Gasteiger partial charge < -0.3 is 26.2 Å². The number of nitrogens with two attached hydrogens (primary N) is 1. The Morgan fingerprint density at radius 3 is 2.52 bits per heavy atom. The molecule has 3 aromatic carbocycles. The molecule has 0 spiro atoms. The van der Waals surface area contributed by atoms with Crippen LogP contribution in [-0.2, 0) is 0 Å². The maximum atomic E-state index is 15.2. The number of rotatable bonds is 8. The van der Waals surface area contributed by atoms with E-state index < -0.39 is 23.1 Å². The van der Waals surface area contributed by atoms with Gasteiger partial charge in [0, 0.05) is 52.9 Å². The lowest BCUT2D eigenvalue weighted by molar-refractivity contribution is 0.102. The fourth-order valence-electron chi connectivity index (χ4n) is 4.46. The highest BCUT2D eigenvalue weighted by atomic mass is 19.1. The normalized spacial score (nSPS) is 11.3. The largest absolute Gasteiger partial charge is 0.452 e. The lowest BCUT2D eigenvalue weighted by Gasteiger charge is -2.14. The van der Waals surface area contributed by atoms with Crippen molar-refractivity contribution in [2.75, 3.05) is 11.1 Å². The van der Waals surface area contributed by atoms with Crippen LogP contribution in [0.25, 0.3) is 22.6 Å². The van der Waals surface area contributed by atoms with Crippen molar-refractivity contribution in [3.05, 3.63) is 136 Å². The Hall–Kier alpha value is -5.77. The number of ether oxygens (including phenoxy) is 1. The van der Waals surface area contributed by atoms with Gasteiger partial charge in [0.05, 0.1) is 5.69 Å². The highest BCUT2D eigenvalue weighted by molar-refractivity contribution is 6.04. The highest BCUT2D eigenvalue weighted by Crippen LogP contribution is 2.32. The van der Waals surface area contributed by atoms with Crippen molar-refractivity contribution in [2.45, 2.75) is 6.92 Å². The predicted octanol–water partition coefficient (Wildman–Crippen LogP) is 6.32. The third-order valence-electron chi connectivity index (χ3n) is 6.44. The van der Waals surface area contributed by atoms with E-state index in [0.717, 1.165) is 23.4 Å². The first kappa shape index (κ1) is 27.8. The number of nitrogens with zero attached hydrogens (tertiary/aromatic N) is 1. The van der Waals surface area contributed by atoms with Crippen LogP contribution in [-0.4, -0.2) is 21.7 Å². The lowest BCUT2D eigenvalue weighted by atomic mass is 10.0. The van der Waals surface area contributed by atoms with E-state index in [9.17, 15) is 14.0 Å². The first-order chi connectivity index (χ1) is 20.2. The van der Waals surface area contributed by atoms with E-state index in [-0.39, 0.29) is 22.8 Å². The molecular formula is C32H25F2N5O3. The molecule has 5 N–H and O–H groups in total. The van der Waals surface area contributed by atoms with E-state index in [1.165, 1.54) is 53.1 Å². The van der Waals surface area contributed by atoms with Crippen molar-refractivity contribution >= 4 is 29.3 Å². The fourth-order valence-corrected chi connectivity index (χ4v) is 4.46. The minimum atomic E-state index is -0.784. The number of carbonyl (C=O) groups excluding carboxylic acids is 1. The molecule has 10 heteroatoms. The van der Waals surface area contributed by atoms with Crippen LogP contribution in [0.4, 0.5) is 20.2 Å². The quantitative estimate of drug-likeness (QED) is 0.0997. The number of amides is 1. The first-order valence-electron chi connectivity index (χ1n) is 12.8. The summed E-state index contributed by atoms with van der Waals surface area (Å²) in [4.78, 5) is 29.2. The van der Waals surface area contributed by atoms with Crippen LogP contribution >= 0.6 is 0 Å². The molecule has 8 nitrogen and oxygen atoms in total. The number of aryl methyl sites for hydroxylation is 1. The summed E-state index contributed by atoms with van der Waals surface area (Å²) in [7, 11) is 0. The maximum absolute atomic E-state index is 15.2. The molecule has 0 unspecified atom stereocenters. The molecule has 5 rings (SSSR count). The second kappa shape index (κ2) is 11.8. The van der Waals surface area contributed by atoms with Crippen molar-refractivity contribution in [3.8, 4) is 22.6 Å². The summed E-state index contributed by atoms with van der Waals surface area (Å²) >= 11 is 0. The van der Waals surface area contributed by atoms with E-state index in [1.807, 2.05) is 18.2 Å². The number of aromatic amines is 1. The zero-order valence-electron chi connectivity index (χ0n) is 22.3. The number of halogens is 2. The van der Waals surface area contributed by atoms with Crippen molar-refractivity contribution < 1.29 is 18.3 Å². The van der Waals surface area contributed by atoms with Crippen molar-refractivity contribution in [2.24, 2.45) is 0 Å². The molecule has 0 saturated carbocycles. The van der Waals surface area contributed by atoms with Crippen molar-refractivity contribution in [3.63, 3.8) is 0 Å². The third-order valence-corrected chi connectivity index (χ3v) is 6.44. The number of hydrogen-bond donors (Lipinski definition) is 4. The SMILES string of the molecule is Cc1ccc(C(=O)Nc2ccc(O/C(=C/C=N)c3[nH]ccc3-c3cccc(N)c3)c(F)c2)c(=O)n1-c1ccc(F)cc1. The summed E-state index contributed by atoms with van der Waals surface area (Å²) in [6, 6.07) is 21.1. The van der Waals surface area contributed by atoms with E-state index in [4.69, 9.17) is 15.9 Å². The average molecular weight is 566 g/mol. The third kappa shape index (κ3) is 5.73. The van der Waals surface area contributed by atoms with Crippen molar-refractivity contribution in [1.82, 2.24) is 9.55 Å². The van der Waals surface area contributed by atoms with Gasteiger partial charge in [-0.15, -0.1) is 0 Å². The number of nitrogens with one attached hydrogen (secondary N) is 3. The number of aromatic nitrogens is 2. The van der Waals surface area contributed by atoms with E-state index >= 15 is 4.39 Å². The van der Waals surface area contributed by atoms with Crippen LogP contribution in [0.15, 0.2) is 102 Å². The number of pyridine rings is 1. The number of H-pyrrole nitrogens is 1. The Balaban J connectivity index is 1.38. The topological polar surface area (TPSA) is 126 Å². The summed E-state index contributed by atoms with van der Waals surface area (Å²) in [6.07, 6.45) is 4.09. The number of benzene rings is 3. The molecule has 0 radical (unpaired) electrons. The van der Waals surface area contributed by atoms with Crippen LogP contribution in [0, 0.1) is 24.0 Å². The van der Waals surface area contributed by atoms with Crippen molar-refractivity contribution in [1.29, 1.82) is 5.41 Å². The lowest BCUT2D eigenvalue weighted by Crippen LogP contribution is -2.29. The van der Waals surface area contributed by atoms with Gasteiger partial charge in [-0.3, -0.25) is 14.2 Å². The number of hydrogen-bond acceptors (Lipinski definition) is 5. The fraction of sp³-hybridized carbons (Fsp3) is 0.0312. The maximum Gasteiger partial charge on any atom is 0.268 e. The summed E-state index contributed by atoms with van der Waals surface area (Å²) in [5, 5.41) is 10.1. The second-order valence-corrected chi connectivity index (χ2v) is 9.30. The molecule has 0 saturated heterocycles. The number of allylic oxidation sites excluding steroid dienone is 1. The Morgan fingerprint density at radius 1 is 1.02 bits per heavy atom. The van der Waals surface area contributed by atoms with Crippen LogP contribution in [0.2, 0.25) is 0 Å². The van der Waals surface area contributed by atoms with Crippen LogP contribution < -0.4 is 21.3 Å². The standard InChI is InChI=1S/C32H25F2N5O3/c1-19-5-11-26(32(41)39(19)24-9-6-21(33)7-10-24)31(40)38-23-8-12-28(27(34)18-23)42-29(13-15-35)30-25(14-16-37-30)20-3-2-4-22(36)17-20/h2-18,35,37H,36H2,1H3,(H,38,40)/b29-13+,35-15?. The second-order valence-electron chi connectivity index (χ2n) is 9.30. The molecule has 0 aliphatic carbocycles. The number of carbonyl (C=O) groups is 1. The first-order valence-corrected chi connectivity index (χ1v) is 12.8. The summed E-state index contributed by atoms with van der Waals surface area (Å²) in [6.45, 7) is 1.69. The molecule has 0 atom stereocenters. The summed E-state index contributed by atoms with van der Waals surface area (Å²) in [5.41, 5.74) is 8.81. The Bertz CT molecular complexity index is 1890.